The van der Waals surface area contributed by atoms with Gasteiger partial charge in [-0.15, -0.1) is 0 Å². The molecule has 136 valence electrons. The number of para-hydroxylation sites is 1. The Balaban J connectivity index is 1.88. The molecule has 0 heterocycles. The molecule has 26 heavy (non-hydrogen) atoms. The van der Waals surface area contributed by atoms with E-state index in [1.807, 2.05) is 4.72 Å². The van der Waals surface area contributed by atoms with Crippen LogP contribution in [0.3, 0.4) is 0 Å². The van der Waals surface area contributed by atoms with Crippen LogP contribution in [0.5, 0.6) is 5.75 Å². The first-order chi connectivity index (χ1) is 12.4. The SMILES string of the molecule is COc1ccccc1C(=O)NS(=O)(=O)c1ccccc1C(=O)NC1CC1. The summed E-state index contributed by atoms with van der Waals surface area (Å²) < 4.78 is 32.5. The van der Waals surface area contributed by atoms with Crippen molar-refractivity contribution in [3.05, 3.63) is 59.7 Å². The van der Waals surface area contributed by atoms with E-state index in [4.69, 9.17) is 4.74 Å². The Labute approximate surface area is 151 Å². The van der Waals surface area contributed by atoms with Crippen LogP contribution in [-0.4, -0.2) is 33.4 Å². The van der Waals surface area contributed by atoms with E-state index < -0.39 is 21.8 Å². The Bertz CT molecular complexity index is 952. The maximum absolute atomic E-state index is 12.7. The quantitative estimate of drug-likeness (QED) is 0.801. The summed E-state index contributed by atoms with van der Waals surface area (Å²) >= 11 is 0. The minimum absolute atomic E-state index is 0.000253. The molecule has 0 bridgehead atoms. The summed E-state index contributed by atoms with van der Waals surface area (Å²) in [5, 5.41) is 2.75. The highest BCUT2D eigenvalue weighted by atomic mass is 32.2. The van der Waals surface area contributed by atoms with Crippen molar-refractivity contribution in [3.63, 3.8) is 0 Å². The monoisotopic (exact) mass is 374 g/mol. The van der Waals surface area contributed by atoms with E-state index in [0.29, 0.717) is 0 Å². The Morgan fingerprint density at radius 2 is 1.58 bits per heavy atom. The first-order valence-corrected chi connectivity index (χ1v) is 9.51. The van der Waals surface area contributed by atoms with Crippen molar-refractivity contribution >= 4 is 21.8 Å². The summed E-state index contributed by atoms with van der Waals surface area (Å²) in [7, 11) is -2.85. The lowest BCUT2D eigenvalue weighted by Gasteiger charge is -2.12. The summed E-state index contributed by atoms with van der Waals surface area (Å²) in [6.45, 7) is 0. The number of carbonyl (C=O) groups excluding carboxylic acids is 2. The normalized spacial score (nSPS) is 13.7. The highest BCUT2D eigenvalue weighted by Crippen LogP contribution is 2.22. The van der Waals surface area contributed by atoms with Crippen molar-refractivity contribution in [2.45, 2.75) is 23.8 Å². The third-order valence-electron chi connectivity index (χ3n) is 3.91. The topological polar surface area (TPSA) is 102 Å². The van der Waals surface area contributed by atoms with E-state index in [-0.39, 0.29) is 27.8 Å². The van der Waals surface area contributed by atoms with Gasteiger partial charge in [0.1, 0.15) is 10.6 Å². The van der Waals surface area contributed by atoms with E-state index in [1.54, 1.807) is 24.3 Å². The highest BCUT2D eigenvalue weighted by Gasteiger charge is 2.29. The van der Waals surface area contributed by atoms with Gasteiger partial charge in [0, 0.05) is 6.04 Å². The molecule has 1 fully saturated rings. The van der Waals surface area contributed by atoms with Crippen LogP contribution in [0.2, 0.25) is 0 Å². The van der Waals surface area contributed by atoms with Gasteiger partial charge in [-0.3, -0.25) is 9.59 Å². The fraction of sp³-hybridized carbons (Fsp3) is 0.222. The second-order valence-electron chi connectivity index (χ2n) is 5.88. The van der Waals surface area contributed by atoms with Gasteiger partial charge in [-0.25, -0.2) is 13.1 Å². The second-order valence-corrected chi connectivity index (χ2v) is 7.53. The Morgan fingerprint density at radius 1 is 0.962 bits per heavy atom. The fourth-order valence-electron chi connectivity index (χ4n) is 2.44. The van der Waals surface area contributed by atoms with Crippen molar-refractivity contribution in [2.24, 2.45) is 0 Å². The molecule has 0 spiro atoms. The van der Waals surface area contributed by atoms with Crippen LogP contribution < -0.4 is 14.8 Å². The zero-order valence-corrected chi connectivity index (χ0v) is 14.9. The molecule has 2 N–H and O–H groups in total. The Kier molecular flexibility index (Phi) is 4.94. The first kappa shape index (κ1) is 17.9. The molecular weight excluding hydrogens is 356 g/mol. The highest BCUT2D eigenvalue weighted by molar-refractivity contribution is 7.90. The predicted octanol–water partition coefficient (Wildman–Crippen LogP) is 1.71. The number of ether oxygens (including phenoxy) is 1. The van der Waals surface area contributed by atoms with Crippen LogP contribution in [0.15, 0.2) is 53.4 Å². The summed E-state index contributed by atoms with van der Waals surface area (Å²) in [6, 6.07) is 12.1. The number of methoxy groups -OCH3 is 1. The molecule has 1 aliphatic rings. The zero-order chi connectivity index (χ0) is 18.7. The van der Waals surface area contributed by atoms with E-state index in [1.165, 1.54) is 31.4 Å². The summed E-state index contributed by atoms with van der Waals surface area (Å²) in [6.07, 6.45) is 1.76. The van der Waals surface area contributed by atoms with Crippen LogP contribution in [0.4, 0.5) is 0 Å². The molecule has 7 nitrogen and oxygen atoms in total. The molecular formula is C18H18N2O5S. The first-order valence-electron chi connectivity index (χ1n) is 8.02. The number of benzene rings is 2. The average Bonchev–Trinajstić information content (AvgIpc) is 3.45. The number of carbonyl (C=O) groups is 2. The molecule has 1 aliphatic carbocycles. The van der Waals surface area contributed by atoms with Crippen molar-refractivity contribution in [2.75, 3.05) is 7.11 Å². The molecule has 2 aromatic carbocycles. The van der Waals surface area contributed by atoms with E-state index in [9.17, 15) is 18.0 Å². The van der Waals surface area contributed by atoms with E-state index in [0.717, 1.165) is 12.8 Å². The third kappa shape index (κ3) is 3.85. The molecule has 1 saturated carbocycles. The van der Waals surface area contributed by atoms with Gasteiger partial charge in [0.25, 0.3) is 21.8 Å². The fourth-order valence-corrected chi connectivity index (χ4v) is 3.62. The number of nitrogens with one attached hydrogen (secondary N) is 2. The lowest BCUT2D eigenvalue weighted by atomic mass is 10.2. The maximum Gasteiger partial charge on any atom is 0.268 e. The number of rotatable bonds is 6. The number of sulfonamides is 1. The molecule has 0 saturated heterocycles. The summed E-state index contributed by atoms with van der Waals surface area (Å²) in [5.74, 6) is -1.06. The number of hydrogen-bond donors (Lipinski definition) is 2. The lowest BCUT2D eigenvalue weighted by Crippen LogP contribution is -2.33. The number of hydrogen-bond acceptors (Lipinski definition) is 5. The van der Waals surface area contributed by atoms with Crippen LogP contribution >= 0.6 is 0 Å². The van der Waals surface area contributed by atoms with E-state index in [2.05, 4.69) is 5.32 Å². The molecule has 0 aromatic heterocycles. The van der Waals surface area contributed by atoms with Gasteiger partial charge < -0.3 is 10.1 Å². The zero-order valence-electron chi connectivity index (χ0n) is 14.1. The van der Waals surface area contributed by atoms with Crippen LogP contribution in [-0.2, 0) is 10.0 Å². The third-order valence-corrected chi connectivity index (χ3v) is 5.30. The smallest absolute Gasteiger partial charge is 0.268 e. The van der Waals surface area contributed by atoms with Gasteiger partial charge in [-0.2, -0.15) is 0 Å². The number of amides is 2. The van der Waals surface area contributed by atoms with Gasteiger partial charge in [-0.05, 0) is 37.1 Å². The average molecular weight is 374 g/mol. The molecule has 3 rings (SSSR count). The Hall–Kier alpha value is -2.87. The molecule has 2 amide bonds. The van der Waals surface area contributed by atoms with Crippen LogP contribution in [0.25, 0.3) is 0 Å². The molecule has 0 atom stereocenters. The minimum atomic E-state index is -4.24. The van der Waals surface area contributed by atoms with Crippen LogP contribution in [0.1, 0.15) is 33.6 Å². The Morgan fingerprint density at radius 3 is 2.23 bits per heavy atom. The minimum Gasteiger partial charge on any atom is -0.496 e. The van der Waals surface area contributed by atoms with Gasteiger partial charge in [0.2, 0.25) is 0 Å². The standard InChI is InChI=1S/C18H18N2O5S/c1-25-15-8-4-2-6-13(15)18(22)20-26(23,24)16-9-5-3-7-14(16)17(21)19-12-10-11-12/h2-9,12H,10-11H2,1H3,(H,19,21)(H,20,22). The maximum atomic E-state index is 12.7. The van der Waals surface area contributed by atoms with Gasteiger partial charge >= 0.3 is 0 Å². The van der Waals surface area contributed by atoms with Crippen LogP contribution in [0, 0.1) is 0 Å². The summed E-state index contributed by atoms with van der Waals surface area (Å²) in [5.41, 5.74) is 0.0817. The van der Waals surface area contributed by atoms with Crippen molar-refractivity contribution in [3.8, 4) is 5.75 Å². The van der Waals surface area contributed by atoms with Crippen molar-refractivity contribution in [1.29, 1.82) is 0 Å². The molecule has 2 aromatic rings. The lowest BCUT2D eigenvalue weighted by molar-refractivity contribution is 0.0943. The van der Waals surface area contributed by atoms with E-state index >= 15 is 0 Å². The molecule has 8 heteroatoms. The van der Waals surface area contributed by atoms with Gasteiger partial charge in [0.05, 0.1) is 18.2 Å². The predicted molar refractivity (Wildman–Crippen MR) is 94.6 cm³/mol. The van der Waals surface area contributed by atoms with Gasteiger partial charge in [-0.1, -0.05) is 24.3 Å². The molecule has 0 aliphatic heterocycles. The van der Waals surface area contributed by atoms with Crippen molar-refractivity contribution in [1.82, 2.24) is 10.0 Å². The summed E-state index contributed by atoms with van der Waals surface area (Å²) in [4.78, 5) is 24.5. The molecule has 0 unspecified atom stereocenters. The molecule has 0 radical (unpaired) electrons. The van der Waals surface area contributed by atoms with Crippen molar-refractivity contribution < 1.29 is 22.7 Å². The van der Waals surface area contributed by atoms with Gasteiger partial charge in [0.15, 0.2) is 0 Å². The largest absolute Gasteiger partial charge is 0.496 e. The second kappa shape index (κ2) is 7.17.